The highest BCUT2D eigenvalue weighted by Gasteiger charge is 2.39. The third-order valence-electron chi connectivity index (χ3n) is 6.63. The van der Waals surface area contributed by atoms with Crippen LogP contribution < -0.4 is 20.7 Å². The molecule has 2 fully saturated rings. The van der Waals surface area contributed by atoms with Gasteiger partial charge in [-0.3, -0.25) is 0 Å². The zero-order chi connectivity index (χ0) is 24.1. The minimum atomic E-state index is -0.318. The molecule has 1 unspecified atom stereocenters. The Kier molecular flexibility index (Phi) is 8.17. The molecule has 1 heterocycles. The van der Waals surface area contributed by atoms with E-state index >= 15 is 0 Å². The maximum absolute atomic E-state index is 12.4. The number of hydrogen-bond donors (Lipinski definition) is 3. The average Bonchev–Trinajstić information content (AvgIpc) is 3.40. The van der Waals surface area contributed by atoms with Crippen LogP contribution in [0.3, 0.4) is 0 Å². The van der Waals surface area contributed by atoms with Crippen LogP contribution in [0, 0.1) is 5.41 Å². The van der Waals surface area contributed by atoms with Gasteiger partial charge in [0.15, 0.2) is 0 Å². The summed E-state index contributed by atoms with van der Waals surface area (Å²) in [5, 5.41) is 9.97. The molecule has 4 rings (SSSR count). The number of carbonyl (C=O) groups excluding carboxylic acids is 1. The number of halogens is 1. The van der Waals surface area contributed by atoms with Crippen molar-refractivity contribution < 1.29 is 14.3 Å². The molecule has 3 N–H and O–H groups in total. The van der Waals surface area contributed by atoms with Crippen molar-refractivity contribution in [2.45, 2.75) is 64.3 Å². The molecule has 184 valence electrons. The number of benzene rings is 2. The summed E-state index contributed by atoms with van der Waals surface area (Å²) >= 11 is 3.46. The van der Waals surface area contributed by atoms with Crippen LogP contribution in [0.5, 0.6) is 5.75 Å². The van der Waals surface area contributed by atoms with Crippen molar-refractivity contribution in [1.29, 1.82) is 0 Å². The zero-order valence-electron chi connectivity index (χ0n) is 20.3. The molecular weight excluding hydrogens is 494 g/mol. The quantitative estimate of drug-likeness (QED) is 0.427. The summed E-state index contributed by atoms with van der Waals surface area (Å²) in [5.41, 5.74) is 2.39. The fraction of sp³-hybridized carbons (Fsp3) is 0.519. The first-order valence-corrected chi connectivity index (χ1v) is 13.0. The van der Waals surface area contributed by atoms with Gasteiger partial charge in [-0.2, -0.15) is 0 Å². The molecular formula is C27H36BrN3O3. The van der Waals surface area contributed by atoms with Crippen LogP contribution in [0.4, 0.5) is 4.79 Å². The van der Waals surface area contributed by atoms with Crippen molar-refractivity contribution in [3.63, 3.8) is 0 Å². The van der Waals surface area contributed by atoms with Crippen molar-refractivity contribution in [3.8, 4) is 5.75 Å². The van der Waals surface area contributed by atoms with Gasteiger partial charge in [0.1, 0.15) is 18.5 Å². The van der Waals surface area contributed by atoms with E-state index in [-0.39, 0.29) is 23.7 Å². The van der Waals surface area contributed by atoms with Crippen LogP contribution in [0.25, 0.3) is 0 Å². The van der Waals surface area contributed by atoms with E-state index in [4.69, 9.17) is 9.47 Å². The Morgan fingerprint density at radius 1 is 1.15 bits per heavy atom. The third-order valence-corrected chi connectivity index (χ3v) is 7.16. The van der Waals surface area contributed by atoms with Gasteiger partial charge in [-0.15, -0.1) is 0 Å². The summed E-state index contributed by atoms with van der Waals surface area (Å²) in [4.78, 5) is 12.4. The van der Waals surface area contributed by atoms with E-state index in [1.807, 2.05) is 12.1 Å². The number of nitrogens with one attached hydrogen (secondary N) is 3. The van der Waals surface area contributed by atoms with E-state index in [0.29, 0.717) is 18.6 Å². The van der Waals surface area contributed by atoms with Crippen molar-refractivity contribution in [2.24, 2.45) is 5.41 Å². The number of amides is 1. The molecule has 2 aromatic carbocycles. The van der Waals surface area contributed by atoms with Gasteiger partial charge in [0.05, 0.1) is 0 Å². The largest absolute Gasteiger partial charge is 0.489 e. The first kappa shape index (κ1) is 25.0. The first-order valence-electron chi connectivity index (χ1n) is 12.2. The number of hydrogen-bond acceptors (Lipinski definition) is 5. The monoisotopic (exact) mass is 529 g/mol. The second-order valence-corrected chi connectivity index (χ2v) is 11.3. The lowest BCUT2D eigenvalue weighted by Crippen LogP contribution is -2.50. The highest BCUT2D eigenvalue weighted by Crippen LogP contribution is 2.41. The van der Waals surface area contributed by atoms with Crippen LogP contribution in [0.1, 0.15) is 50.7 Å². The standard InChI is InChI=1S/C27H36BrN3O3/c1-27(2,3)25(31-26(32)34-22-12-13-29-15-22)16-30-24-14-23(24)19-6-10-21(11-7-19)33-17-18-4-8-20(28)9-5-18/h4-11,22-25,29-30H,12-17H2,1-3H3,(H,31,32)/t22?,23-,24+,25-/m0/s1. The SMILES string of the molecule is CC(C)(C)[C@H](CN[C@@H]1C[C@H]1c1ccc(OCc2ccc(Br)cc2)cc1)NC(=O)OC1CCNC1. The van der Waals surface area contributed by atoms with Gasteiger partial charge >= 0.3 is 6.09 Å². The Labute approximate surface area is 211 Å². The molecule has 0 spiro atoms. The fourth-order valence-electron chi connectivity index (χ4n) is 4.25. The highest BCUT2D eigenvalue weighted by molar-refractivity contribution is 9.10. The fourth-order valence-corrected chi connectivity index (χ4v) is 4.51. The lowest BCUT2D eigenvalue weighted by Gasteiger charge is -2.32. The Bertz CT molecular complexity index is 937. The van der Waals surface area contributed by atoms with E-state index in [9.17, 15) is 4.79 Å². The minimum Gasteiger partial charge on any atom is -0.489 e. The Morgan fingerprint density at radius 2 is 1.88 bits per heavy atom. The first-order chi connectivity index (χ1) is 16.3. The number of rotatable bonds is 9. The van der Waals surface area contributed by atoms with E-state index in [0.717, 1.165) is 48.3 Å². The summed E-state index contributed by atoms with van der Waals surface area (Å²) in [6.07, 6.45) is 1.64. The van der Waals surface area contributed by atoms with Crippen LogP contribution in [-0.2, 0) is 11.3 Å². The second-order valence-electron chi connectivity index (χ2n) is 10.4. The molecule has 34 heavy (non-hydrogen) atoms. The van der Waals surface area contributed by atoms with Gasteiger partial charge in [0.25, 0.3) is 0 Å². The molecule has 1 saturated carbocycles. The molecule has 1 aliphatic heterocycles. The molecule has 2 aliphatic rings. The Balaban J connectivity index is 1.22. The molecule has 7 heteroatoms. The molecule has 0 bridgehead atoms. The van der Waals surface area contributed by atoms with Crippen LogP contribution in [-0.4, -0.2) is 43.9 Å². The maximum atomic E-state index is 12.4. The normalized spacial score (nSPS) is 22.8. The van der Waals surface area contributed by atoms with Crippen LogP contribution in [0.15, 0.2) is 53.0 Å². The van der Waals surface area contributed by atoms with Gasteiger partial charge in [0, 0.05) is 35.6 Å². The highest BCUT2D eigenvalue weighted by atomic mass is 79.9. The summed E-state index contributed by atoms with van der Waals surface area (Å²) in [6.45, 7) is 9.36. The van der Waals surface area contributed by atoms with Gasteiger partial charge in [0.2, 0.25) is 0 Å². The van der Waals surface area contributed by atoms with Gasteiger partial charge in [-0.25, -0.2) is 4.79 Å². The third kappa shape index (κ3) is 7.20. The molecule has 4 atom stereocenters. The van der Waals surface area contributed by atoms with Crippen molar-refractivity contribution in [3.05, 3.63) is 64.1 Å². The van der Waals surface area contributed by atoms with Crippen molar-refractivity contribution in [1.82, 2.24) is 16.0 Å². The predicted molar refractivity (Wildman–Crippen MR) is 138 cm³/mol. The number of ether oxygens (including phenoxy) is 2. The van der Waals surface area contributed by atoms with Gasteiger partial charge < -0.3 is 25.4 Å². The van der Waals surface area contributed by atoms with Crippen LogP contribution >= 0.6 is 15.9 Å². The maximum Gasteiger partial charge on any atom is 0.407 e. The van der Waals surface area contributed by atoms with E-state index in [2.05, 4.69) is 89.0 Å². The zero-order valence-corrected chi connectivity index (χ0v) is 21.9. The number of alkyl carbamates (subject to hydrolysis) is 1. The van der Waals surface area contributed by atoms with E-state index < -0.39 is 0 Å². The topological polar surface area (TPSA) is 71.6 Å². The van der Waals surface area contributed by atoms with Crippen molar-refractivity contribution in [2.75, 3.05) is 19.6 Å². The second kappa shape index (κ2) is 11.1. The van der Waals surface area contributed by atoms with Gasteiger partial charge in [-0.05, 0) is 60.2 Å². The molecule has 1 saturated heterocycles. The van der Waals surface area contributed by atoms with E-state index in [1.54, 1.807) is 0 Å². The smallest absolute Gasteiger partial charge is 0.407 e. The van der Waals surface area contributed by atoms with Gasteiger partial charge in [-0.1, -0.05) is 61.0 Å². The number of carbonyl (C=O) groups is 1. The molecule has 0 aromatic heterocycles. The van der Waals surface area contributed by atoms with Crippen LogP contribution in [0.2, 0.25) is 0 Å². The molecule has 6 nitrogen and oxygen atoms in total. The molecule has 1 amide bonds. The molecule has 1 aliphatic carbocycles. The lowest BCUT2D eigenvalue weighted by atomic mass is 9.86. The average molecular weight is 531 g/mol. The molecule has 2 aromatic rings. The Hall–Kier alpha value is -2.09. The summed E-state index contributed by atoms with van der Waals surface area (Å²) in [6, 6.07) is 17.0. The summed E-state index contributed by atoms with van der Waals surface area (Å²) in [7, 11) is 0. The lowest BCUT2D eigenvalue weighted by molar-refractivity contribution is 0.0967. The summed E-state index contributed by atoms with van der Waals surface area (Å²) < 4.78 is 12.6. The molecule has 0 radical (unpaired) electrons. The predicted octanol–water partition coefficient (Wildman–Crippen LogP) is 4.98. The Morgan fingerprint density at radius 3 is 2.53 bits per heavy atom. The minimum absolute atomic E-state index is 0.00926. The van der Waals surface area contributed by atoms with E-state index in [1.165, 1.54) is 5.56 Å². The summed E-state index contributed by atoms with van der Waals surface area (Å²) in [5.74, 6) is 1.38. The van der Waals surface area contributed by atoms with Crippen molar-refractivity contribution >= 4 is 22.0 Å².